The maximum atomic E-state index is 13.4. The van der Waals surface area contributed by atoms with E-state index in [4.69, 9.17) is 21.1 Å². The highest BCUT2D eigenvalue weighted by Crippen LogP contribution is 2.38. The lowest BCUT2D eigenvalue weighted by molar-refractivity contribution is 0.105. The van der Waals surface area contributed by atoms with Gasteiger partial charge < -0.3 is 19.6 Å². The summed E-state index contributed by atoms with van der Waals surface area (Å²) in [4.78, 5) is 21.2. The molecule has 0 aliphatic heterocycles. The summed E-state index contributed by atoms with van der Waals surface area (Å²) in [6.45, 7) is 0. The topological polar surface area (TPSA) is 84.4 Å². The fourth-order valence-electron chi connectivity index (χ4n) is 3.24. The number of nitrogens with one attached hydrogen (secondary N) is 1. The third-order valence-corrected chi connectivity index (χ3v) is 5.06. The number of ether oxygens (including phenoxy) is 2. The minimum Gasteiger partial charge on any atom is -0.502 e. The van der Waals surface area contributed by atoms with Crippen LogP contribution in [0.5, 0.6) is 17.2 Å². The number of hydrogen-bond acceptors (Lipinski definition) is 5. The molecule has 31 heavy (non-hydrogen) atoms. The molecule has 0 fully saturated rings. The normalized spacial score (nSPS) is 11.5. The molecule has 0 spiro atoms. The predicted octanol–water partition coefficient (Wildman–Crippen LogP) is 5.36. The summed E-state index contributed by atoms with van der Waals surface area (Å²) in [5, 5.41) is 10.7. The number of aromatic hydroxyl groups is 1. The Balaban J connectivity index is 1.89. The van der Waals surface area contributed by atoms with E-state index in [1.54, 1.807) is 42.5 Å². The highest BCUT2D eigenvalue weighted by atomic mass is 35.5. The van der Waals surface area contributed by atoms with Crippen LogP contribution in [0.3, 0.4) is 0 Å². The Bertz CT molecular complexity index is 1230. The van der Waals surface area contributed by atoms with Gasteiger partial charge in [-0.05, 0) is 60.2 Å². The third-order valence-electron chi connectivity index (χ3n) is 4.81. The number of aromatic amines is 1. The number of carbonyl (C=O) groups excluding carboxylic acids is 1. The van der Waals surface area contributed by atoms with Crippen molar-refractivity contribution in [2.75, 3.05) is 14.2 Å². The van der Waals surface area contributed by atoms with Crippen molar-refractivity contribution in [1.29, 1.82) is 0 Å². The molecule has 0 saturated carbocycles. The molecule has 0 aliphatic carbocycles. The van der Waals surface area contributed by atoms with Crippen LogP contribution in [0.1, 0.15) is 21.7 Å². The summed E-state index contributed by atoms with van der Waals surface area (Å²) in [5.41, 5.74) is 2.97. The fraction of sp³-hybridized carbons (Fsp3) is 0.0833. The van der Waals surface area contributed by atoms with Gasteiger partial charge in [0.05, 0.1) is 30.8 Å². The second-order valence-electron chi connectivity index (χ2n) is 6.77. The number of aromatic nitrogens is 2. The van der Waals surface area contributed by atoms with Crippen molar-refractivity contribution in [2.45, 2.75) is 0 Å². The standard InChI is InChI=1S/C24H19ClN2O4/c1-30-20-12-14(13-21(31-2)23(20)29)11-17(22(28)15-7-9-16(25)10-8-15)24-26-18-5-3-4-6-19(18)27-24/h3-13,29H,1-2H3,(H,26,27)/b17-11-. The number of allylic oxidation sites excluding steroid dienone is 1. The molecule has 156 valence electrons. The number of fused-ring (bicyclic) bond motifs is 1. The van der Waals surface area contributed by atoms with E-state index < -0.39 is 0 Å². The third kappa shape index (κ3) is 4.11. The quantitative estimate of drug-likeness (QED) is 0.315. The number of ketones is 1. The highest BCUT2D eigenvalue weighted by Gasteiger charge is 2.19. The van der Waals surface area contributed by atoms with E-state index in [-0.39, 0.29) is 23.0 Å². The first-order valence-corrected chi connectivity index (χ1v) is 9.80. The lowest BCUT2D eigenvalue weighted by atomic mass is 10.00. The molecule has 0 unspecified atom stereocenters. The Kier molecular flexibility index (Phi) is 5.64. The zero-order valence-corrected chi connectivity index (χ0v) is 17.6. The van der Waals surface area contributed by atoms with Crippen LogP contribution in [0.25, 0.3) is 22.7 Å². The van der Waals surface area contributed by atoms with Crippen molar-refractivity contribution < 1.29 is 19.4 Å². The van der Waals surface area contributed by atoms with E-state index >= 15 is 0 Å². The monoisotopic (exact) mass is 434 g/mol. The largest absolute Gasteiger partial charge is 0.502 e. The van der Waals surface area contributed by atoms with Crippen LogP contribution in [0, 0.1) is 0 Å². The maximum Gasteiger partial charge on any atom is 0.200 e. The number of halogens is 1. The van der Waals surface area contributed by atoms with Crippen molar-refractivity contribution in [1.82, 2.24) is 9.97 Å². The van der Waals surface area contributed by atoms with Crippen molar-refractivity contribution in [2.24, 2.45) is 0 Å². The predicted molar refractivity (Wildman–Crippen MR) is 121 cm³/mol. The van der Waals surface area contributed by atoms with Crippen LogP contribution in [0.2, 0.25) is 5.02 Å². The summed E-state index contributed by atoms with van der Waals surface area (Å²) in [6.07, 6.45) is 1.68. The number of rotatable bonds is 6. The van der Waals surface area contributed by atoms with Gasteiger partial charge in [0.25, 0.3) is 0 Å². The van der Waals surface area contributed by atoms with E-state index in [2.05, 4.69) is 9.97 Å². The minimum absolute atomic E-state index is 0.114. The number of benzene rings is 3. The molecule has 0 amide bonds. The molecule has 0 aliphatic rings. The fourth-order valence-corrected chi connectivity index (χ4v) is 3.37. The molecular weight excluding hydrogens is 416 g/mol. The van der Waals surface area contributed by atoms with Crippen molar-refractivity contribution >= 4 is 40.1 Å². The SMILES string of the molecule is COc1cc(/C=C(/C(=O)c2ccc(Cl)cc2)c2nc3ccccc3[nH]2)cc(OC)c1O. The summed E-state index contributed by atoms with van der Waals surface area (Å²) in [6, 6.07) is 17.4. The lowest BCUT2D eigenvalue weighted by Crippen LogP contribution is -2.04. The number of carbonyl (C=O) groups is 1. The molecule has 4 rings (SSSR count). The number of phenolic OH excluding ortho intramolecular Hbond substituents is 1. The van der Waals surface area contributed by atoms with E-state index in [0.717, 1.165) is 11.0 Å². The van der Waals surface area contributed by atoms with Crippen LogP contribution in [0.15, 0.2) is 60.7 Å². The molecule has 3 aromatic carbocycles. The Labute approximate surface area is 183 Å². The number of imidazole rings is 1. The second kappa shape index (κ2) is 8.53. The van der Waals surface area contributed by atoms with Crippen LogP contribution in [-0.4, -0.2) is 35.1 Å². The summed E-state index contributed by atoms with van der Waals surface area (Å²) < 4.78 is 10.5. The number of phenols is 1. The van der Waals surface area contributed by atoms with E-state index in [1.807, 2.05) is 24.3 Å². The van der Waals surface area contributed by atoms with Crippen molar-refractivity contribution in [3.63, 3.8) is 0 Å². The molecule has 0 bridgehead atoms. The van der Waals surface area contributed by atoms with Gasteiger partial charge in [-0.25, -0.2) is 4.98 Å². The van der Waals surface area contributed by atoms with Gasteiger partial charge >= 0.3 is 0 Å². The van der Waals surface area contributed by atoms with Gasteiger partial charge in [0.2, 0.25) is 5.75 Å². The second-order valence-corrected chi connectivity index (χ2v) is 7.21. The molecule has 2 N–H and O–H groups in total. The molecule has 4 aromatic rings. The lowest BCUT2D eigenvalue weighted by Gasteiger charge is -2.11. The average molecular weight is 435 g/mol. The number of para-hydroxylation sites is 2. The Morgan fingerprint density at radius 1 is 1.03 bits per heavy atom. The van der Waals surface area contributed by atoms with E-state index in [9.17, 15) is 9.90 Å². The highest BCUT2D eigenvalue weighted by molar-refractivity contribution is 6.33. The van der Waals surface area contributed by atoms with Crippen LogP contribution < -0.4 is 9.47 Å². The number of nitrogens with zero attached hydrogens (tertiary/aromatic N) is 1. The van der Waals surface area contributed by atoms with Crippen molar-refractivity contribution in [3.8, 4) is 17.2 Å². The first-order valence-electron chi connectivity index (χ1n) is 9.42. The van der Waals surface area contributed by atoms with Gasteiger partial charge in [-0.3, -0.25) is 4.79 Å². The summed E-state index contributed by atoms with van der Waals surface area (Å²) in [7, 11) is 2.89. The summed E-state index contributed by atoms with van der Waals surface area (Å²) >= 11 is 5.98. The molecule has 7 heteroatoms. The molecular formula is C24H19ClN2O4. The van der Waals surface area contributed by atoms with Gasteiger partial charge in [0.1, 0.15) is 5.82 Å². The maximum absolute atomic E-state index is 13.4. The number of Topliss-reactive ketones (excluding diaryl/α,β-unsaturated/α-hetero) is 1. The van der Waals surface area contributed by atoms with Crippen LogP contribution in [0.4, 0.5) is 0 Å². The molecule has 0 radical (unpaired) electrons. The summed E-state index contributed by atoms with van der Waals surface area (Å²) in [5.74, 6) is 0.535. The minimum atomic E-state index is -0.235. The van der Waals surface area contributed by atoms with E-state index in [1.165, 1.54) is 14.2 Å². The van der Waals surface area contributed by atoms with Gasteiger partial charge in [-0.2, -0.15) is 0 Å². The van der Waals surface area contributed by atoms with Gasteiger partial charge in [-0.1, -0.05) is 23.7 Å². The first kappa shape index (κ1) is 20.5. The Morgan fingerprint density at radius 2 is 1.68 bits per heavy atom. The van der Waals surface area contributed by atoms with Crippen LogP contribution in [-0.2, 0) is 0 Å². The van der Waals surface area contributed by atoms with Crippen molar-refractivity contribution in [3.05, 3.63) is 82.6 Å². The Hall–Kier alpha value is -3.77. The van der Waals surface area contributed by atoms with E-state index in [0.29, 0.717) is 27.5 Å². The number of hydrogen-bond donors (Lipinski definition) is 2. The molecule has 0 atom stereocenters. The van der Waals surface area contributed by atoms with Gasteiger partial charge in [0, 0.05) is 10.6 Å². The first-order chi connectivity index (χ1) is 15.0. The smallest absolute Gasteiger partial charge is 0.200 e. The molecule has 1 heterocycles. The molecule has 0 saturated heterocycles. The van der Waals surface area contributed by atoms with Crippen LogP contribution >= 0.6 is 11.6 Å². The molecule has 6 nitrogen and oxygen atoms in total. The zero-order chi connectivity index (χ0) is 22.0. The zero-order valence-electron chi connectivity index (χ0n) is 16.8. The van der Waals surface area contributed by atoms with Gasteiger partial charge in [0.15, 0.2) is 17.3 Å². The molecule has 1 aromatic heterocycles. The number of H-pyrrole nitrogens is 1. The Morgan fingerprint density at radius 3 is 2.29 bits per heavy atom. The van der Waals surface area contributed by atoms with Gasteiger partial charge in [-0.15, -0.1) is 0 Å². The average Bonchev–Trinajstić information content (AvgIpc) is 3.22. The number of methoxy groups -OCH3 is 2.